The number of halogens is 3. The Bertz CT molecular complexity index is 377. The summed E-state index contributed by atoms with van der Waals surface area (Å²) in [5.74, 6) is 0. The van der Waals surface area contributed by atoms with Crippen LogP contribution in [0.5, 0.6) is 6.01 Å². The van der Waals surface area contributed by atoms with Gasteiger partial charge in [0.05, 0.1) is 0 Å². The van der Waals surface area contributed by atoms with Crippen LogP contribution in [0.15, 0.2) is 12.3 Å². The minimum Gasteiger partial charge on any atom is -0.460 e. The number of nitrogens with two attached hydrogens (primary N) is 1. The van der Waals surface area contributed by atoms with E-state index in [0.29, 0.717) is 12.8 Å². The van der Waals surface area contributed by atoms with Crippen molar-refractivity contribution in [2.75, 3.05) is 0 Å². The highest BCUT2D eigenvalue weighted by Crippen LogP contribution is 2.29. The minimum absolute atomic E-state index is 0.0656. The Balaban J connectivity index is 2.05. The average molecular weight is 233 g/mol. The van der Waals surface area contributed by atoms with E-state index in [0.717, 1.165) is 12.3 Å². The predicted molar refractivity (Wildman–Crippen MR) is 48.7 cm³/mol. The zero-order valence-electron chi connectivity index (χ0n) is 8.24. The van der Waals surface area contributed by atoms with E-state index in [1.54, 1.807) is 0 Å². The number of aromatic nitrogens is 2. The molecule has 0 aromatic carbocycles. The van der Waals surface area contributed by atoms with E-state index in [1.807, 2.05) is 0 Å². The van der Waals surface area contributed by atoms with Crippen molar-refractivity contribution in [3.05, 3.63) is 18.0 Å². The molecule has 1 aliphatic carbocycles. The first kappa shape index (κ1) is 11.1. The van der Waals surface area contributed by atoms with Crippen molar-refractivity contribution in [2.24, 2.45) is 5.73 Å². The summed E-state index contributed by atoms with van der Waals surface area (Å²) in [4.78, 5) is 6.92. The normalized spacial score (nSPS) is 25.0. The maximum atomic E-state index is 12.3. The molecule has 1 heterocycles. The Labute approximate surface area is 89.6 Å². The standard InChI is InChI=1S/C9H10F3N3O/c10-9(11,12)7-1-2-14-8(15-7)16-6-3-5(13)4-6/h1-2,5-6H,3-4,13H2. The quantitative estimate of drug-likeness (QED) is 0.837. The second-order valence-corrected chi connectivity index (χ2v) is 3.69. The fraction of sp³-hybridized carbons (Fsp3) is 0.556. The van der Waals surface area contributed by atoms with Gasteiger partial charge in [-0.3, -0.25) is 0 Å². The Morgan fingerprint density at radius 1 is 1.38 bits per heavy atom. The van der Waals surface area contributed by atoms with Crippen LogP contribution in [-0.4, -0.2) is 22.1 Å². The number of hydrogen-bond acceptors (Lipinski definition) is 4. The molecule has 2 rings (SSSR count). The van der Waals surface area contributed by atoms with Crippen molar-refractivity contribution in [3.63, 3.8) is 0 Å². The zero-order valence-corrected chi connectivity index (χ0v) is 8.24. The molecule has 4 nitrogen and oxygen atoms in total. The highest BCUT2D eigenvalue weighted by Gasteiger charge is 2.34. The molecular formula is C9H10F3N3O. The van der Waals surface area contributed by atoms with Crippen molar-refractivity contribution >= 4 is 0 Å². The first-order chi connectivity index (χ1) is 7.45. The summed E-state index contributed by atoms with van der Waals surface area (Å²) in [6.07, 6.45) is -2.36. The maximum absolute atomic E-state index is 12.3. The molecule has 2 N–H and O–H groups in total. The smallest absolute Gasteiger partial charge is 0.433 e. The third kappa shape index (κ3) is 2.41. The lowest BCUT2D eigenvalue weighted by Crippen LogP contribution is -2.43. The Hall–Kier alpha value is -1.37. The van der Waals surface area contributed by atoms with Gasteiger partial charge in [0.25, 0.3) is 0 Å². The molecule has 0 unspecified atom stereocenters. The molecule has 1 saturated carbocycles. The van der Waals surface area contributed by atoms with Crippen molar-refractivity contribution in [1.29, 1.82) is 0 Å². The molecule has 1 aromatic rings. The molecule has 0 aliphatic heterocycles. The molecule has 7 heteroatoms. The number of rotatable bonds is 2. The van der Waals surface area contributed by atoms with Crippen LogP contribution in [-0.2, 0) is 6.18 Å². The monoisotopic (exact) mass is 233 g/mol. The Morgan fingerprint density at radius 3 is 2.62 bits per heavy atom. The summed E-state index contributed by atoms with van der Waals surface area (Å²) in [6.45, 7) is 0. The molecule has 88 valence electrons. The summed E-state index contributed by atoms with van der Waals surface area (Å²) >= 11 is 0. The molecule has 0 saturated heterocycles. The number of ether oxygens (including phenoxy) is 1. The van der Waals surface area contributed by atoms with E-state index < -0.39 is 11.9 Å². The lowest BCUT2D eigenvalue weighted by atomic mass is 9.90. The molecular weight excluding hydrogens is 223 g/mol. The molecule has 1 fully saturated rings. The first-order valence-corrected chi connectivity index (χ1v) is 4.77. The fourth-order valence-corrected chi connectivity index (χ4v) is 1.41. The van der Waals surface area contributed by atoms with E-state index in [4.69, 9.17) is 10.5 Å². The van der Waals surface area contributed by atoms with Gasteiger partial charge in [-0.2, -0.15) is 18.2 Å². The third-order valence-electron chi connectivity index (χ3n) is 2.33. The second kappa shape index (κ2) is 3.89. The van der Waals surface area contributed by atoms with Gasteiger partial charge in [-0.25, -0.2) is 4.98 Å². The number of nitrogens with zero attached hydrogens (tertiary/aromatic N) is 2. The topological polar surface area (TPSA) is 61.0 Å². The summed E-state index contributed by atoms with van der Waals surface area (Å²) < 4.78 is 42.0. The van der Waals surface area contributed by atoms with Gasteiger partial charge in [-0.15, -0.1) is 0 Å². The van der Waals surface area contributed by atoms with Gasteiger partial charge in [0.2, 0.25) is 0 Å². The van der Waals surface area contributed by atoms with Crippen molar-refractivity contribution in [2.45, 2.75) is 31.2 Å². The van der Waals surface area contributed by atoms with Crippen LogP contribution >= 0.6 is 0 Å². The van der Waals surface area contributed by atoms with Crippen LogP contribution < -0.4 is 10.5 Å². The number of hydrogen-bond donors (Lipinski definition) is 1. The van der Waals surface area contributed by atoms with Crippen molar-refractivity contribution in [3.8, 4) is 6.01 Å². The van der Waals surface area contributed by atoms with Crippen molar-refractivity contribution in [1.82, 2.24) is 9.97 Å². The Morgan fingerprint density at radius 2 is 2.06 bits per heavy atom. The van der Waals surface area contributed by atoms with Gasteiger partial charge in [0.1, 0.15) is 6.10 Å². The molecule has 0 radical (unpaired) electrons. The summed E-state index contributed by atoms with van der Waals surface area (Å²) in [7, 11) is 0. The number of alkyl halides is 3. The molecule has 16 heavy (non-hydrogen) atoms. The van der Waals surface area contributed by atoms with Gasteiger partial charge >= 0.3 is 12.2 Å². The molecule has 0 spiro atoms. The fourth-order valence-electron chi connectivity index (χ4n) is 1.41. The van der Waals surface area contributed by atoms with Crippen LogP contribution in [0.4, 0.5) is 13.2 Å². The first-order valence-electron chi connectivity index (χ1n) is 4.77. The van der Waals surface area contributed by atoms with Crippen LogP contribution in [0, 0.1) is 0 Å². The van der Waals surface area contributed by atoms with Crippen LogP contribution in [0.25, 0.3) is 0 Å². The summed E-state index contributed by atoms with van der Waals surface area (Å²) in [6, 6.07) is 0.627. The van der Waals surface area contributed by atoms with Crippen molar-refractivity contribution < 1.29 is 17.9 Å². The lowest BCUT2D eigenvalue weighted by molar-refractivity contribution is -0.141. The van der Waals surface area contributed by atoms with Crippen LogP contribution in [0.3, 0.4) is 0 Å². The van der Waals surface area contributed by atoms with Gasteiger partial charge in [-0.05, 0) is 18.9 Å². The van der Waals surface area contributed by atoms with E-state index >= 15 is 0 Å². The molecule has 1 aromatic heterocycles. The SMILES string of the molecule is NC1CC(Oc2nccc(C(F)(F)F)n2)C1. The summed E-state index contributed by atoms with van der Waals surface area (Å²) in [5.41, 5.74) is 4.52. The maximum Gasteiger partial charge on any atom is 0.433 e. The highest BCUT2D eigenvalue weighted by molar-refractivity contribution is 5.09. The van der Waals surface area contributed by atoms with E-state index in [9.17, 15) is 13.2 Å². The van der Waals surface area contributed by atoms with Gasteiger partial charge in [0, 0.05) is 12.2 Å². The minimum atomic E-state index is -4.48. The lowest BCUT2D eigenvalue weighted by Gasteiger charge is -2.31. The average Bonchev–Trinajstić information content (AvgIpc) is 2.14. The third-order valence-corrected chi connectivity index (χ3v) is 2.33. The summed E-state index contributed by atoms with van der Waals surface area (Å²) in [5, 5.41) is 0. The van der Waals surface area contributed by atoms with E-state index in [1.165, 1.54) is 0 Å². The zero-order chi connectivity index (χ0) is 11.8. The van der Waals surface area contributed by atoms with E-state index in [2.05, 4.69) is 9.97 Å². The van der Waals surface area contributed by atoms with Gasteiger partial charge in [0.15, 0.2) is 5.69 Å². The molecule has 0 bridgehead atoms. The largest absolute Gasteiger partial charge is 0.460 e. The highest BCUT2D eigenvalue weighted by atomic mass is 19.4. The van der Waals surface area contributed by atoms with Crippen LogP contribution in [0.2, 0.25) is 0 Å². The Kier molecular flexibility index (Phi) is 2.71. The van der Waals surface area contributed by atoms with Gasteiger partial charge in [-0.1, -0.05) is 0 Å². The molecule has 0 atom stereocenters. The molecule has 0 amide bonds. The van der Waals surface area contributed by atoms with E-state index in [-0.39, 0.29) is 18.2 Å². The predicted octanol–water partition coefficient (Wildman–Crippen LogP) is 1.36. The van der Waals surface area contributed by atoms with Crippen LogP contribution in [0.1, 0.15) is 18.5 Å². The van der Waals surface area contributed by atoms with Gasteiger partial charge < -0.3 is 10.5 Å². The second-order valence-electron chi connectivity index (χ2n) is 3.69. The molecule has 1 aliphatic rings.